The van der Waals surface area contributed by atoms with Crippen molar-refractivity contribution in [3.8, 4) is 0 Å². The Bertz CT molecular complexity index is 292. The maximum Gasteiger partial charge on any atom is 0.332 e. The fourth-order valence-electron chi connectivity index (χ4n) is 0.746. The highest BCUT2D eigenvalue weighted by Crippen LogP contribution is 2.22. The van der Waals surface area contributed by atoms with Crippen LogP contribution in [-0.4, -0.2) is 19.1 Å². The molecule has 1 aromatic rings. The Labute approximate surface area is 78.0 Å². The summed E-state index contributed by atoms with van der Waals surface area (Å²) in [5, 5.41) is 0. The van der Waals surface area contributed by atoms with Crippen LogP contribution in [0.5, 0.6) is 0 Å². The molecule has 5 nitrogen and oxygen atoms in total. The number of aryl methyl sites for hydroxylation is 1. The molecule has 76 valence electrons. The van der Waals surface area contributed by atoms with Crippen LogP contribution in [0.1, 0.15) is 26.5 Å². The fourth-order valence-corrected chi connectivity index (χ4v) is 1.20. The van der Waals surface area contributed by atoms with Crippen molar-refractivity contribution in [1.29, 1.82) is 0 Å². The second-order valence-corrected chi connectivity index (χ2v) is 3.02. The Morgan fingerprint density at radius 1 is 1.54 bits per heavy atom. The summed E-state index contributed by atoms with van der Waals surface area (Å²) in [5.74, 6) is 0. The first-order chi connectivity index (χ1) is 6.15. The molecule has 1 aromatic heterocycles. The lowest BCUT2D eigenvalue weighted by Crippen LogP contribution is -2.11. The molecule has 1 heterocycles. The van der Waals surface area contributed by atoms with Gasteiger partial charge in [-0.05, 0) is 6.42 Å². The minimum absolute atomic E-state index is 0.474. The zero-order chi connectivity index (χ0) is 10.4. The Morgan fingerprint density at radius 3 is 2.31 bits per heavy atom. The lowest BCUT2D eigenvalue weighted by molar-refractivity contribution is 0.468. The summed E-state index contributed by atoms with van der Waals surface area (Å²) in [6, 6.07) is 0. The van der Waals surface area contributed by atoms with Crippen molar-refractivity contribution in [2.75, 3.05) is 0 Å². The smallest absolute Gasteiger partial charge is 0.332 e. The molecule has 0 aliphatic rings. The van der Waals surface area contributed by atoms with E-state index in [9.17, 15) is 4.79 Å². The first-order valence-corrected chi connectivity index (χ1v) is 5.34. The molecule has 0 saturated carbocycles. The second-order valence-electron chi connectivity index (χ2n) is 2.05. The van der Waals surface area contributed by atoms with Crippen LogP contribution in [0.4, 0.5) is 0 Å². The van der Waals surface area contributed by atoms with Crippen LogP contribution < -0.4 is 5.69 Å². The van der Waals surface area contributed by atoms with E-state index in [0.717, 1.165) is 4.34 Å². The summed E-state index contributed by atoms with van der Waals surface area (Å²) in [5.41, 5.74) is 0.226. The van der Waals surface area contributed by atoms with Crippen LogP contribution in [0.3, 0.4) is 0 Å². The van der Waals surface area contributed by atoms with Crippen molar-refractivity contribution in [3.05, 3.63) is 22.4 Å². The summed E-state index contributed by atoms with van der Waals surface area (Å²) < 4.78 is 0.883. The van der Waals surface area contributed by atoms with E-state index < -0.39 is 14.2 Å². The van der Waals surface area contributed by atoms with Gasteiger partial charge in [-0.15, -0.1) is 0 Å². The van der Waals surface area contributed by atoms with Gasteiger partial charge in [-0.25, -0.2) is 9.13 Å². The number of aromatic amines is 1. The van der Waals surface area contributed by atoms with E-state index in [1.807, 2.05) is 20.8 Å². The number of nitrogens with zero attached hydrogens (tertiary/aromatic N) is 1. The van der Waals surface area contributed by atoms with Gasteiger partial charge in [0.2, 0.25) is 0 Å². The average molecular weight is 206 g/mol. The molecule has 1 rings (SSSR count). The van der Waals surface area contributed by atoms with Crippen LogP contribution in [0.15, 0.2) is 11.0 Å². The van der Waals surface area contributed by atoms with Gasteiger partial charge in [0, 0.05) is 11.9 Å². The standard InChI is InChI=1S/C5H9N2O3P.C2H6/c1-2-4-3-7(11(9)10)5(8)6-4;1-2/h3,9-10H,2H2,1H3,(H,6,8);1-2H3. The SMILES string of the molecule is CC.CCc1cn(P(O)O)c(=O)[nH]1. The molecule has 0 spiro atoms. The molecule has 0 saturated heterocycles. The molecule has 0 radical (unpaired) electrons. The Kier molecular flexibility index (Phi) is 5.62. The van der Waals surface area contributed by atoms with Crippen molar-refractivity contribution in [2.45, 2.75) is 27.2 Å². The number of H-pyrrole nitrogens is 1. The van der Waals surface area contributed by atoms with E-state index in [2.05, 4.69) is 4.98 Å². The third-order valence-electron chi connectivity index (χ3n) is 1.33. The second kappa shape index (κ2) is 5.91. The summed E-state index contributed by atoms with van der Waals surface area (Å²) in [7, 11) is -2.33. The number of aromatic nitrogens is 2. The minimum Gasteiger partial charge on any atom is -0.333 e. The van der Waals surface area contributed by atoms with Crippen molar-refractivity contribution in [1.82, 2.24) is 9.32 Å². The van der Waals surface area contributed by atoms with Crippen molar-refractivity contribution >= 4 is 8.53 Å². The Hall–Kier alpha value is -0.640. The minimum atomic E-state index is -2.33. The highest BCUT2D eigenvalue weighted by Gasteiger charge is 2.07. The normalized spacial score (nSPS) is 9.69. The number of hydrogen-bond acceptors (Lipinski definition) is 3. The highest BCUT2D eigenvalue weighted by molar-refractivity contribution is 7.43. The monoisotopic (exact) mass is 206 g/mol. The van der Waals surface area contributed by atoms with Crippen LogP contribution >= 0.6 is 8.53 Å². The number of imidazole rings is 1. The third-order valence-corrected chi connectivity index (χ3v) is 2.01. The lowest BCUT2D eigenvalue weighted by atomic mass is 10.4. The quantitative estimate of drug-likeness (QED) is 0.627. The van der Waals surface area contributed by atoms with E-state index in [-0.39, 0.29) is 0 Å². The summed E-state index contributed by atoms with van der Waals surface area (Å²) >= 11 is 0. The topological polar surface area (TPSA) is 78.2 Å². The molecule has 0 atom stereocenters. The zero-order valence-electron chi connectivity index (χ0n) is 7.98. The molecule has 3 N–H and O–H groups in total. The third kappa shape index (κ3) is 3.30. The van der Waals surface area contributed by atoms with Gasteiger partial charge in [-0.1, -0.05) is 20.8 Å². The van der Waals surface area contributed by atoms with E-state index in [1.54, 1.807) is 0 Å². The van der Waals surface area contributed by atoms with Crippen molar-refractivity contribution in [2.24, 2.45) is 0 Å². The Morgan fingerprint density at radius 2 is 2.08 bits per heavy atom. The van der Waals surface area contributed by atoms with Crippen LogP contribution in [-0.2, 0) is 6.42 Å². The van der Waals surface area contributed by atoms with Crippen LogP contribution in [0, 0.1) is 0 Å². The summed E-state index contributed by atoms with van der Waals surface area (Å²) in [6.45, 7) is 5.87. The first-order valence-electron chi connectivity index (χ1n) is 4.14. The van der Waals surface area contributed by atoms with Gasteiger partial charge in [0.05, 0.1) is 0 Å². The molecule has 6 heteroatoms. The van der Waals surface area contributed by atoms with Gasteiger partial charge in [-0.2, -0.15) is 0 Å². The van der Waals surface area contributed by atoms with E-state index >= 15 is 0 Å². The summed E-state index contributed by atoms with van der Waals surface area (Å²) in [6.07, 6.45) is 2.08. The van der Waals surface area contributed by atoms with Crippen molar-refractivity contribution < 1.29 is 9.79 Å². The maximum atomic E-state index is 10.8. The fraction of sp³-hybridized carbons (Fsp3) is 0.571. The van der Waals surface area contributed by atoms with Gasteiger partial charge >= 0.3 is 5.69 Å². The van der Waals surface area contributed by atoms with Gasteiger partial charge in [0.1, 0.15) is 0 Å². The van der Waals surface area contributed by atoms with E-state index in [1.165, 1.54) is 6.20 Å². The number of hydrogen-bond donors (Lipinski definition) is 3. The largest absolute Gasteiger partial charge is 0.333 e. The number of rotatable bonds is 2. The molecule has 0 aliphatic heterocycles. The molecular weight excluding hydrogens is 191 g/mol. The predicted molar refractivity (Wildman–Crippen MR) is 52.5 cm³/mol. The molecule has 0 aromatic carbocycles. The van der Waals surface area contributed by atoms with Gasteiger partial charge in [-0.3, -0.25) is 0 Å². The molecule has 0 unspecified atom stereocenters. The predicted octanol–water partition coefficient (Wildman–Crippen LogP) is 0.825. The van der Waals surface area contributed by atoms with E-state index in [0.29, 0.717) is 12.1 Å². The Balaban J connectivity index is 0.000000671. The molecule has 0 aliphatic carbocycles. The first kappa shape index (κ1) is 12.4. The zero-order valence-corrected chi connectivity index (χ0v) is 8.88. The van der Waals surface area contributed by atoms with E-state index in [4.69, 9.17) is 9.79 Å². The van der Waals surface area contributed by atoms with Gasteiger partial charge in [0.25, 0.3) is 8.53 Å². The number of nitrogens with one attached hydrogen (secondary N) is 1. The van der Waals surface area contributed by atoms with Gasteiger partial charge < -0.3 is 14.8 Å². The molecule has 0 amide bonds. The average Bonchev–Trinajstić information content (AvgIpc) is 2.50. The molecular formula is C7H15N2O3P. The summed E-state index contributed by atoms with van der Waals surface area (Å²) in [4.78, 5) is 30.7. The van der Waals surface area contributed by atoms with Crippen LogP contribution in [0.25, 0.3) is 0 Å². The van der Waals surface area contributed by atoms with Gasteiger partial charge in [0.15, 0.2) is 0 Å². The maximum absolute atomic E-state index is 10.8. The highest BCUT2D eigenvalue weighted by atomic mass is 31.2. The van der Waals surface area contributed by atoms with Crippen LogP contribution in [0.2, 0.25) is 0 Å². The molecule has 13 heavy (non-hydrogen) atoms. The lowest BCUT2D eigenvalue weighted by Gasteiger charge is -1.97. The molecule has 0 fully saturated rings. The van der Waals surface area contributed by atoms with Crippen molar-refractivity contribution in [3.63, 3.8) is 0 Å². The molecule has 0 bridgehead atoms.